The maximum Gasteiger partial charge on any atom is 0.144 e. The monoisotopic (exact) mass is 371 g/mol. The third-order valence-electron chi connectivity index (χ3n) is 3.31. The molecule has 5 heteroatoms. The molecule has 2 rings (SSSR count). The van der Waals surface area contributed by atoms with E-state index < -0.39 is 11.6 Å². The second-order valence-electron chi connectivity index (χ2n) is 4.69. The molecule has 1 nitrogen and oxygen atoms in total. The van der Waals surface area contributed by atoms with E-state index in [0.717, 1.165) is 10.5 Å². The summed E-state index contributed by atoms with van der Waals surface area (Å²) < 4.78 is 27.9. The van der Waals surface area contributed by atoms with Gasteiger partial charge in [0.15, 0.2) is 0 Å². The third kappa shape index (κ3) is 4.05. The molecular formula is C16H16BrF2NS. The Morgan fingerprint density at radius 2 is 2.00 bits per heavy atom. The van der Waals surface area contributed by atoms with Crippen LogP contribution in [0.2, 0.25) is 0 Å². The number of benzene rings is 2. The molecule has 0 heterocycles. The lowest BCUT2D eigenvalue weighted by molar-refractivity contribution is 0.562. The zero-order valence-corrected chi connectivity index (χ0v) is 14.2. The van der Waals surface area contributed by atoms with Gasteiger partial charge in [-0.2, -0.15) is 0 Å². The molecule has 0 aromatic heterocycles. The summed E-state index contributed by atoms with van der Waals surface area (Å²) in [5.74, 6) is -0.778. The van der Waals surface area contributed by atoms with Gasteiger partial charge in [-0.25, -0.2) is 8.78 Å². The van der Waals surface area contributed by atoms with Gasteiger partial charge in [0, 0.05) is 22.3 Å². The van der Waals surface area contributed by atoms with Gasteiger partial charge < -0.3 is 5.32 Å². The molecule has 0 spiro atoms. The van der Waals surface area contributed by atoms with Gasteiger partial charge in [0.2, 0.25) is 0 Å². The Balaban J connectivity index is 2.15. The predicted molar refractivity (Wildman–Crippen MR) is 87.5 cm³/mol. The Labute approximate surface area is 136 Å². The SMILES string of the molecule is CNC(C)c1cccc(SCc2c(F)ccc(Br)c2F)c1. The highest BCUT2D eigenvalue weighted by Crippen LogP contribution is 2.30. The number of rotatable bonds is 5. The summed E-state index contributed by atoms with van der Waals surface area (Å²) in [4.78, 5) is 0.994. The highest BCUT2D eigenvalue weighted by molar-refractivity contribution is 9.10. The molecule has 0 aliphatic heterocycles. The molecule has 0 radical (unpaired) electrons. The molecule has 0 saturated carbocycles. The van der Waals surface area contributed by atoms with Crippen LogP contribution in [0.3, 0.4) is 0 Å². The van der Waals surface area contributed by atoms with E-state index in [4.69, 9.17) is 0 Å². The summed E-state index contributed by atoms with van der Waals surface area (Å²) >= 11 is 4.51. The van der Waals surface area contributed by atoms with Crippen molar-refractivity contribution in [3.8, 4) is 0 Å². The molecule has 2 aromatic carbocycles. The van der Waals surface area contributed by atoms with Crippen molar-refractivity contribution in [2.45, 2.75) is 23.6 Å². The molecule has 0 aliphatic carbocycles. The smallest absolute Gasteiger partial charge is 0.144 e. The lowest BCUT2D eigenvalue weighted by atomic mass is 10.1. The molecular weight excluding hydrogens is 356 g/mol. The summed E-state index contributed by atoms with van der Waals surface area (Å²) in [6.45, 7) is 2.07. The van der Waals surface area contributed by atoms with Crippen molar-refractivity contribution in [2.24, 2.45) is 0 Å². The Kier molecular flexibility index (Phi) is 5.79. The van der Waals surface area contributed by atoms with Crippen LogP contribution >= 0.6 is 27.7 Å². The maximum absolute atomic E-state index is 13.9. The van der Waals surface area contributed by atoms with Gasteiger partial charge in [-0.1, -0.05) is 12.1 Å². The van der Waals surface area contributed by atoms with Crippen molar-refractivity contribution in [3.63, 3.8) is 0 Å². The normalized spacial score (nSPS) is 12.4. The zero-order chi connectivity index (χ0) is 15.4. The minimum Gasteiger partial charge on any atom is -0.313 e. The first-order chi connectivity index (χ1) is 10.0. The maximum atomic E-state index is 13.9. The van der Waals surface area contributed by atoms with Crippen molar-refractivity contribution >= 4 is 27.7 Å². The van der Waals surface area contributed by atoms with Gasteiger partial charge in [-0.05, 0) is 59.7 Å². The van der Waals surface area contributed by atoms with Crippen molar-refractivity contribution in [1.82, 2.24) is 5.32 Å². The Morgan fingerprint density at radius 1 is 1.24 bits per heavy atom. The second-order valence-corrected chi connectivity index (χ2v) is 6.60. The van der Waals surface area contributed by atoms with Crippen LogP contribution in [-0.4, -0.2) is 7.05 Å². The van der Waals surface area contributed by atoms with E-state index in [1.165, 1.54) is 23.9 Å². The topological polar surface area (TPSA) is 12.0 Å². The van der Waals surface area contributed by atoms with Crippen molar-refractivity contribution in [3.05, 3.63) is 63.6 Å². The van der Waals surface area contributed by atoms with Crippen LogP contribution < -0.4 is 5.32 Å². The first kappa shape index (κ1) is 16.5. The van der Waals surface area contributed by atoms with Gasteiger partial charge >= 0.3 is 0 Å². The van der Waals surface area contributed by atoms with Crippen LogP contribution in [-0.2, 0) is 5.75 Å². The molecule has 0 fully saturated rings. The number of thioether (sulfide) groups is 1. The molecule has 2 aromatic rings. The lowest BCUT2D eigenvalue weighted by Gasteiger charge is -2.12. The molecule has 1 atom stereocenters. The largest absolute Gasteiger partial charge is 0.313 e. The van der Waals surface area contributed by atoms with Crippen LogP contribution in [0.25, 0.3) is 0 Å². The number of hydrogen-bond donors (Lipinski definition) is 1. The quantitative estimate of drug-likeness (QED) is 0.565. The number of nitrogens with one attached hydrogen (secondary N) is 1. The van der Waals surface area contributed by atoms with Crippen LogP contribution in [0.15, 0.2) is 45.8 Å². The fourth-order valence-corrected chi connectivity index (χ4v) is 3.24. The fourth-order valence-electron chi connectivity index (χ4n) is 1.90. The average Bonchev–Trinajstić information content (AvgIpc) is 2.50. The van der Waals surface area contributed by atoms with E-state index in [1.807, 2.05) is 31.3 Å². The minimum atomic E-state index is -0.526. The summed E-state index contributed by atoms with van der Waals surface area (Å²) in [7, 11) is 1.90. The van der Waals surface area contributed by atoms with Gasteiger partial charge in [0.05, 0.1) is 4.47 Å². The van der Waals surface area contributed by atoms with Crippen LogP contribution in [0.1, 0.15) is 24.1 Å². The van der Waals surface area contributed by atoms with E-state index in [1.54, 1.807) is 0 Å². The average molecular weight is 372 g/mol. The second kappa shape index (κ2) is 7.38. The first-order valence-corrected chi connectivity index (χ1v) is 8.33. The highest BCUT2D eigenvalue weighted by Gasteiger charge is 2.13. The molecule has 0 bridgehead atoms. The highest BCUT2D eigenvalue weighted by atomic mass is 79.9. The van der Waals surface area contributed by atoms with E-state index in [9.17, 15) is 8.78 Å². The summed E-state index contributed by atoms with van der Waals surface area (Å²) in [6, 6.07) is 10.9. The number of halogens is 3. The molecule has 0 amide bonds. The van der Waals surface area contributed by atoms with E-state index in [2.05, 4.69) is 28.2 Å². The Hall–Kier alpha value is -0.910. The van der Waals surface area contributed by atoms with Gasteiger partial charge in [0.25, 0.3) is 0 Å². The van der Waals surface area contributed by atoms with E-state index >= 15 is 0 Å². The first-order valence-electron chi connectivity index (χ1n) is 6.55. The van der Waals surface area contributed by atoms with Gasteiger partial charge in [-0.15, -0.1) is 11.8 Å². The van der Waals surface area contributed by atoms with Crippen LogP contribution in [0.4, 0.5) is 8.78 Å². The summed E-state index contributed by atoms with van der Waals surface area (Å²) in [5.41, 5.74) is 1.25. The third-order valence-corrected chi connectivity index (χ3v) is 4.95. The molecule has 0 saturated heterocycles. The van der Waals surface area contributed by atoms with Crippen molar-refractivity contribution < 1.29 is 8.78 Å². The molecule has 21 heavy (non-hydrogen) atoms. The summed E-state index contributed by atoms with van der Waals surface area (Å²) in [6.07, 6.45) is 0. The number of hydrogen-bond acceptors (Lipinski definition) is 2. The Morgan fingerprint density at radius 3 is 2.71 bits per heavy atom. The zero-order valence-electron chi connectivity index (χ0n) is 11.8. The van der Waals surface area contributed by atoms with Gasteiger partial charge in [-0.3, -0.25) is 0 Å². The Bertz CT molecular complexity index is 634. The predicted octanol–water partition coefficient (Wildman–Crippen LogP) is 5.30. The van der Waals surface area contributed by atoms with Crippen molar-refractivity contribution in [2.75, 3.05) is 7.05 Å². The van der Waals surface area contributed by atoms with Gasteiger partial charge in [0.1, 0.15) is 11.6 Å². The van der Waals surface area contributed by atoms with Crippen molar-refractivity contribution in [1.29, 1.82) is 0 Å². The fraction of sp³-hybridized carbons (Fsp3) is 0.250. The molecule has 1 unspecified atom stereocenters. The molecule has 112 valence electrons. The summed E-state index contributed by atoms with van der Waals surface area (Å²) in [5, 5.41) is 3.17. The van der Waals surface area contributed by atoms with E-state index in [0.29, 0.717) is 0 Å². The molecule has 1 N–H and O–H groups in total. The minimum absolute atomic E-state index is 0.0986. The van der Waals surface area contributed by atoms with Crippen LogP contribution in [0, 0.1) is 11.6 Å². The standard InChI is InChI=1S/C16H16BrF2NS/c1-10(20-2)11-4-3-5-12(8-11)21-9-13-15(18)7-6-14(17)16(13)19/h3-8,10,20H,9H2,1-2H3. The van der Waals surface area contributed by atoms with Crippen LogP contribution in [0.5, 0.6) is 0 Å². The lowest BCUT2D eigenvalue weighted by Crippen LogP contribution is -2.12. The van der Waals surface area contributed by atoms with E-state index in [-0.39, 0.29) is 21.8 Å². The molecule has 0 aliphatic rings.